The molecular weight excluding hydrogens is 455 g/mol. The van der Waals surface area contributed by atoms with Crippen LogP contribution in [-0.2, 0) is 21.1 Å². The normalized spacial score (nSPS) is 8.76. The Labute approximate surface area is 135 Å². The summed E-state index contributed by atoms with van der Waals surface area (Å²) >= 11 is 0. The molecule has 2 aromatic carbocycles. The molecule has 0 aliphatic heterocycles. The molecule has 6 nitrogen and oxygen atoms in total. The number of benzene rings is 2. The van der Waals surface area contributed by atoms with Gasteiger partial charge in [-0.3, -0.25) is 0 Å². The molecule has 0 unspecified atom stereocenters. The van der Waals surface area contributed by atoms with E-state index in [-0.39, 0.29) is 32.2 Å². The largest absolute Gasteiger partial charge is 0.478 e. The molecule has 6 N–H and O–H groups in total. The summed E-state index contributed by atoms with van der Waals surface area (Å²) in [7, 11) is 0. The monoisotopic (exact) mass is 469 g/mol. The van der Waals surface area contributed by atoms with E-state index in [0.717, 1.165) is 0 Å². The number of aromatic carboxylic acids is 2. The zero-order valence-corrected chi connectivity index (χ0v) is 13.1. The summed E-state index contributed by atoms with van der Waals surface area (Å²) in [4.78, 5) is 20.5. The molecule has 2 rings (SSSR count). The van der Waals surface area contributed by atoms with Crippen LogP contribution in [0.15, 0.2) is 48.5 Å². The number of nitrogens with two attached hydrogens (primary N) is 2. The molecule has 0 amide bonds. The van der Waals surface area contributed by atoms with E-state index in [1.54, 1.807) is 24.3 Å². The summed E-state index contributed by atoms with van der Waals surface area (Å²) < 4.78 is 0. The minimum Gasteiger partial charge on any atom is -0.478 e. The van der Waals surface area contributed by atoms with Crippen LogP contribution in [0.3, 0.4) is 0 Å². The first-order valence-electron chi connectivity index (χ1n) is 5.58. The van der Waals surface area contributed by atoms with Gasteiger partial charge in [-0.05, 0) is 48.5 Å². The summed E-state index contributed by atoms with van der Waals surface area (Å²) in [6, 6.07) is 12.1. The predicted octanol–water partition coefficient (Wildman–Crippen LogP) is 1.93. The Morgan fingerprint density at radius 2 is 0.905 bits per heavy atom. The molecule has 0 atom stereocenters. The van der Waals surface area contributed by atoms with E-state index < -0.39 is 11.9 Å². The first-order valence-corrected chi connectivity index (χ1v) is 5.58. The number of carboxylic acid groups (broad SMARTS) is 2. The Morgan fingerprint density at radius 3 is 1.10 bits per heavy atom. The van der Waals surface area contributed by atoms with Crippen molar-refractivity contribution in [1.29, 1.82) is 0 Å². The van der Waals surface area contributed by atoms with Crippen molar-refractivity contribution in [1.82, 2.24) is 0 Å². The Balaban J connectivity index is 0.000000364. The van der Waals surface area contributed by atoms with Crippen LogP contribution in [0.5, 0.6) is 0 Å². The van der Waals surface area contributed by atoms with Gasteiger partial charge in [-0.2, -0.15) is 0 Å². The molecule has 2 aromatic rings. The minimum absolute atomic E-state index is 0. The molecular formula is C14H14N2O4Pt. The summed E-state index contributed by atoms with van der Waals surface area (Å²) in [6.07, 6.45) is 0. The first-order chi connectivity index (χ1) is 9.40. The third-order valence-electron chi connectivity index (χ3n) is 2.32. The van der Waals surface area contributed by atoms with Gasteiger partial charge in [0.2, 0.25) is 0 Å². The second-order valence-electron chi connectivity index (χ2n) is 3.85. The van der Waals surface area contributed by atoms with Gasteiger partial charge in [0.15, 0.2) is 0 Å². The molecule has 114 valence electrons. The topological polar surface area (TPSA) is 127 Å². The van der Waals surface area contributed by atoms with Crippen molar-refractivity contribution in [3.63, 3.8) is 0 Å². The number of rotatable bonds is 2. The van der Waals surface area contributed by atoms with Gasteiger partial charge in [-0.25, -0.2) is 9.59 Å². The van der Waals surface area contributed by atoms with Gasteiger partial charge < -0.3 is 21.7 Å². The van der Waals surface area contributed by atoms with Crippen LogP contribution < -0.4 is 11.5 Å². The Kier molecular flexibility index (Phi) is 7.79. The van der Waals surface area contributed by atoms with Gasteiger partial charge in [0.25, 0.3) is 0 Å². The average molecular weight is 469 g/mol. The molecule has 0 bridgehead atoms. The van der Waals surface area contributed by atoms with E-state index in [4.69, 9.17) is 21.7 Å². The smallest absolute Gasteiger partial charge is 0.335 e. The molecule has 0 saturated heterocycles. The van der Waals surface area contributed by atoms with Crippen LogP contribution in [0.1, 0.15) is 20.7 Å². The third kappa shape index (κ3) is 6.58. The fourth-order valence-corrected chi connectivity index (χ4v) is 1.25. The Bertz CT molecular complexity index is 542. The standard InChI is InChI=1S/2C7H7NO2.Pt/c2*8-6-3-1-5(2-4-6)7(9)10;/h2*1-4H,8H2,(H,9,10);. The molecule has 0 aliphatic carbocycles. The quantitative estimate of drug-likeness (QED) is 0.498. The summed E-state index contributed by atoms with van der Waals surface area (Å²) in [6.45, 7) is 0. The van der Waals surface area contributed by atoms with E-state index in [1.807, 2.05) is 0 Å². The molecule has 0 heterocycles. The number of nitrogen functional groups attached to an aromatic ring is 2. The van der Waals surface area contributed by atoms with E-state index in [9.17, 15) is 9.59 Å². The summed E-state index contributed by atoms with van der Waals surface area (Å²) in [5, 5.41) is 16.9. The van der Waals surface area contributed by atoms with Gasteiger partial charge in [0.1, 0.15) is 0 Å². The van der Waals surface area contributed by atoms with E-state index in [1.165, 1.54) is 24.3 Å². The minimum atomic E-state index is -0.931. The second-order valence-corrected chi connectivity index (χ2v) is 3.85. The molecule has 21 heavy (non-hydrogen) atoms. The van der Waals surface area contributed by atoms with Gasteiger partial charge in [-0.1, -0.05) is 0 Å². The van der Waals surface area contributed by atoms with Crippen molar-refractivity contribution in [2.75, 3.05) is 11.5 Å². The maximum absolute atomic E-state index is 10.3. The summed E-state index contributed by atoms with van der Waals surface area (Å²) in [5.74, 6) is -1.86. The van der Waals surface area contributed by atoms with Crippen molar-refractivity contribution < 1.29 is 40.9 Å². The zero-order chi connectivity index (χ0) is 15.1. The SMILES string of the molecule is Nc1ccc(C(=O)O)cc1.Nc1ccc(C(=O)O)cc1.[Pt]. The number of carboxylic acids is 2. The molecule has 0 aliphatic rings. The number of carbonyl (C=O) groups is 2. The van der Waals surface area contributed by atoms with Crippen molar-refractivity contribution in [2.45, 2.75) is 0 Å². The number of hydrogen-bond donors (Lipinski definition) is 4. The molecule has 0 aromatic heterocycles. The van der Waals surface area contributed by atoms with Gasteiger partial charge >= 0.3 is 11.9 Å². The molecule has 0 spiro atoms. The van der Waals surface area contributed by atoms with Crippen molar-refractivity contribution in [2.24, 2.45) is 0 Å². The van der Waals surface area contributed by atoms with Crippen molar-refractivity contribution in [3.05, 3.63) is 59.7 Å². The van der Waals surface area contributed by atoms with Crippen LogP contribution in [0.4, 0.5) is 11.4 Å². The molecule has 7 heteroatoms. The zero-order valence-electron chi connectivity index (χ0n) is 10.8. The van der Waals surface area contributed by atoms with Gasteiger partial charge in [0.05, 0.1) is 11.1 Å². The molecule has 0 fully saturated rings. The van der Waals surface area contributed by atoms with Crippen LogP contribution in [0, 0.1) is 0 Å². The van der Waals surface area contributed by atoms with Crippen LogP contribution >= 0.6 is 0 Å². The van der Waals surface area contributed by atoms with Crippen molar-refractivity contribution in [3.8, 4) is 0 Å². The first kappa shape index (κ1) is 18.7. The number of hydrogen-bond acceptors (Lipinski definition) is 4. The fourth-order valence-electron chi connectivity index (χ4n) is 1.25. The average Bonchev–Trinajstić information content (AvgIpc) is 2.40. The maximum Gasteiger partial charge on any atom is 0.335 e. The third-order valence-corrected chi connectivity index (χ3v) is 2.32. The maximum atomic E-state index is 10.3. The molecule has 0 saturated carbocycles. The van der Waals surface area contributed by atoms with E-state index >= 15 is 0 Å². The Hall–Kier alpha value is -2.33. The van der Waals surface area contributed by atoms with E-state index in [0.29, 0.717) is 11.4 Å². The van der Waals surface area contributed by atoms with Crippen LogP contribution in [-0.4, -0.2) is 22.2 Å². The summed E-state index contributed by atoms with van der Waals surface area (Å²) in [5.41, 5.74) is 12.3. The van der Waals surface area contributed by atoms with Crippen molar-refractivity contribution >= 4 is 23.3 Å². The predicted molar refractivity (Wildman–Crippen MR) is 75.6 cm³/mol. The van der Waals surface area contributed by atoms with Gasteiger partial charge in [0, 0.05) is 32.4 Å². The fraction of sp³-hybridized carbons (Fsp3) is 0. The Morgan fingerprint density at radius 1 is 0.667 bits per heavy atom. The second kappa shape index (κ2) is 8.76. The number of anilines is 2. The van der Waals surface area contributed by atoms with E-state index in [2.05, 4.69) is 0 Å². The van der Waals surface area contributed by atoms with Gasteiger partial charge in [-0.15, -0.1) is 0 Å². The van der Waals surface area contributed by atoms with Crippen LogP contribution in [0.2, 0.25) is 0 Å². The molecule has 0 radical (unpaired) electrons. The van der Waals surface area contributed by atoms with Crippen LogP contribution in [0.25, 0.3) is 0 Å².